The summed E-state index contributed by atoms with van der Waals surface area (Å²) in [5, 5.41) is 10.5. The molecule has 0 aliphatic heterocycles. The summed E-state index contributed by atoms with van der Waals surface area (Å²) in [6.45, 7) is 4.16. The van der Waals surface area contributed by atoms with Gasteiger partial charge in [0.25, 0.3) is 0 Å². The number of rotatable bonds is 3. The van der Waals surface area contributed by atoms with Gasteiger partial charge in [0, 0.05) is 0 Å². The molecule has 0 saturated carbocycles. The molecule has 0 heterocycles. The number of nitrogens with one attached hydrogen (secondary N) is 2. The van der Waals surface area contributed by atoms with Gasteiger partial charge >= 0.3 is 22.4 Å². The van der Waals surface area contributed by atoms with Crippen molar-refractivity contribution < 1.29 is 22.4 Å². The van der Waals surface area contributed by atoms with Crippen molar-refractivity contribution in [2.24, 2.45) is 0 Å². The van der Waals surface area contributed by atoms with E-state index in [4.69, 9.17) is 11.5 Å². The molecule has 0 aromatic rings. The van der Waals surface area contributed by atoms with Gasteiger partial charge in [0.2, 0.25) is 0 Å². The van der Waals surface area contributed by atoms with Crippen molar-refractivity contribution in [2.45, 2.75) is 32.2 Å². The fraction of sp³-hybridized carbons (Fsp3) is 1.00. The van der Waals surface area contributed by atoms with E-state index >= 15 is 0 Å². The van der Waals surface area contributed by atoms with Crippen LogP contribution in [-0.2, 0) is 22.4 Å². The molecule has 0 saturated heterocycles. The van der Waals surface area contributed by atoms with E-state index in [1.54, 1.807) is 42.3 Å². The molecule has 0 radical (unpaired) electrons. The molecule has 0 aromatic heterocycles. The first-order valence-electron chi connectivity index (χ1n) is 5.76. The van der Waals surface area contributed by atoms with Crippen LogP contribution in [0.5, 0.6) is 0 Å². The van der Waals surface area contributed by atoms with Gasteiger partial charge in [-0.25, -0.2) is 0 Å². The maximum atomic E-state index is 7.48. The van der Waals surface area contributed by atoms with Crippen molar-refractivity contribution in [3.8, 4) is 0 Å². The molecule has 0 rings (SSSR count). The Morgan fingerprint density at radius 3 is 0.944 bits per heavy atom. The fourth-order valence-corrected chi connectivity index (χ4v) is 0.500. The number of hydrogen-bond acceptors (Lipinski definition) is 0. The molecule has 0 fully saturated rings. The van der Waals surface area contributed by atoms with Gasteiger partial charge in [-0.3, -0.25) is 0 Å². The summed E-state index contributed by atoms with van der Waals surface area (Å²) in [5.41, 5.74) is 14.0. The Hall–Kier alpha value is 0.540. The van der Waals surface area contributed by atoms with Gasteiger partial charge in [-0.05, 0) is 0 Å². The number of nitrogens with zero attached hydrogens (tertiary/aromatic N) is 3. The number of hydrogen-bond donors (Lipinski definition) is 0. The van der Waals surface area contributed by atoms with Crippen molar-refractivity contribution in [1.82, 2.24) is 0 Å². The van der Waals surface area contributed by atoms with Crippen molar-refractivity contribution in [1.29, 1.82) is 0 Å². The molecule has 0 aromatic carbocycles. The normalized spacial score (nSPS) is 8.33. The van der Waals surface area contributed by atoms with Crippen LogP contribution >= 0.6 is 0 Å². The van der Waals surface area contributed by atoms with Crippen LogP contribution in [0.25, 0.3) is 27.4 Å². The van der Waals surface area contributed by atoms with E-state index in [0.29, 0.717) is 0 Å². The van der Waals surface area contributed by atoms with Crippen LogP contribution in [0.2, 0.25) is 0 Å². The van der Waals surface area contributed by atoms with E-state index < -0.39 is 5.54 Å². The summed E-state index contributed by atoms with van der Waals surface area (Å²) in [6, 6.07) is 0. The van der Waals surface area contributed by atoms with E-state index in [-0.39, 0.29) is 28.9 Å². The molecule has 0 bridgehead atoms. The zero-order valence-electron chi connectivity index (χ0n) is 13.4. The third kappa shape index (κ3) is 43.9. The molecule has 0 aliphatic carbocycles. The molecule has 0 atom stereocenters. The van der Waals surface area contributed by atoms with Gasteiger partial charge < -0.3 is 27.4 Å². The average molecular weight is 427 g/mol. The minimum Gasteiger partial charge on any atom is -0.678 e. The molecule has 18 heavy (non-hydrogen) atoms. The Morgan fingerprint density at radius 1 is 0.778 bits per heavy atom. The van der Waals surface area contributed by atoms with Crippen molar-refractivity contribution in [3.05, 3.63) is 27.4 Å². The monoisotopic (exact) mass is 427 g/mol. The summed E-state index contributed by atoms with van der Waals surface area (Å²) in [7, 11) is 10.5. The molecule has 0 spiro atoms. The van der Waals surface area contributed by atoms with Gasteiger partial charge in [-0.15, -0.1) is 5.54 Å². The minimum absolute atomic E-state index is 0. The first-order valence-corrected chi connectivity index (χ1v) is 5.76. The summed E-state index contributed by atoms with van der Waals surface area (Å²) in [4.78, 5) is 0. The zero-order chi connectivity index (χ0) is 14.7. The second-order valence-corrected chi connectivity index (χ2v) is 3.51. The van der Waals surface area contributed by atoms with Crippen LogP contribution in [0.3, 0.4) is 0 Å². The summed E-state index contributed by atoms with van der Waals surface area (Å²) in [6.07, 6.45) is 1.60. The first-order chi connectivity index (χ1) is 7.92. The van der Waals surface area contributed by atoms with Crippen LogP contribution in [0.1, 0.15) is 26.7 Å². The summed E-state index contributed by atoms with van der Waals surface area (Å²) >= 11 is 0. The van der Waals surface area contributed by atoms with Crippen molar-refractivity contribution >= 4 is 0 Å². The molecule has 2 N–H and O–H groups in total. The molecule has 0 amide bonds. The van der Waals surface area contributed by atoms with E-state index in [9.17, 15) is 0 Å². The maximum absolute atomic E-state index is 7.48. The maximum Gasteiger partial charge on any atom is 5.00 e. The second-order valence-electron chi connectivity index (χ2n) is 3.51. The molecule has 6 heteroatoms. The fourth-order valence-electron chi connectivity index (χ4n) is 0.500. The largest absolute Gasteiger partial charge is 5.00 e. The SMILES string of the molecule is CCC([NH-])(CC)C[NH-].C[N-]C.C[N-]C.C[N-]C.[Ta+5]. The Kier molecular flexibility index (Phi) is 52.7. The van der Waals surface area contributed by atoms with Crippen LogP contribution < -0.4 is 0 Å². The quantitative estimate of drug-likeness (QED) is 0.635. The van der Waals surface area contributed by atoms with Crippen LogP contribution in [-0.4, -0.2) is 54.4 Å². The van der Waals surface area contributed by atoms with E-state index in [1.165, 1.54) is 0 Å². The zero-order valence-corrected chi connectivity index (χ0v) is 16.6. The van der Waals surface area contributed by atoms with E-state index in [1.807, 2.05) is 13.8 Å². The third-order valence-electron chi connectivity index (χ3n) is 1.69. The smallest absolute Gasteiger partial charge is 0.678 e. The minimum atomic E-state index is -0.458. The Bertz CT molecular complexity index is 87.4. The van der Waals surface area contributed by atoms with Gasteiger partial charge in [0.15, 0.2) is 0 Å². The topological polar surface area (TPSA) is 89.9 Å². The van der Waals surface area contributed by atoms with Gasteiger partial charge in [-0.1, -0.05) is 26.7 Å². The molecule has 0 unspecified atom stereocenters. The molecule has 5 nitrogen and oxygen atoms in total. The van der Waals surface area contributed by atoms with Gasteiger partial charge in [0.05, 0.1) is 0 Å². The van der Waals surface area contributed by atoms with Crippen molar-refractivity contribution in [2.75, 3.05) is 48.8 Å². The van der Waals surface area contributed by atoms with Gasteiger partial charge in [-0.2, -0.15) is 48.8 Å². The Labute approximate surface area is 131 Å². The molecule has 0 aliphatic rings. The standard InChI is InChI=1S/C6H14N2.3C2H6N.Ta/c1-3-6(8,4-2)5-7;3*1-3-2;/h7-8H,3-5H2,1-2H3;3*1-2H3;/q-2;3*-1;+5. The first kappa shape index (κ1) is 31.1. The van der Waals surface area contributed by atoms with Crippen LogP contribution in [0.4, 0.5) is 0 Å². The van der Waals surface area contributed by atoms with Crippen LogP contribution in [0.15, 0.2) is 0 Å². The van der Waals surface area contributed by atoms with Crippen molar-refractivity contribution in [3.63, 3.8) is 0 Å². The predicted molar refractivity (Wildman–Crippen MR) is 82.4 cm³/mol. The molecular formula is C12H32N5Ta. The average Bonchev–Trinajstić information content (AvgIpc) is 2.31. The summed E-state index contributed by atoms with van der Waals surface area (Å²) in [5.74, 6) is 0. The predicted octanol–water partition coefficient (Wildman–Crippen LogP) is 4.51. The third-order valence-corrected chi connectivity index (χ3v) is 1.69. The van der Waals surface area contributed by atoms with Gasteiger partial charge in [0.1, 0.15) is 0 Å². The second kappa shape index (κ2) is 30.5. The Balaban J connectivity index is -0.0000000477. The van der Waals surface area contributed by atoms with Crippen LogP contribution in [0, 0.1) is 0 Å². The molecule has 110 valence electrons. The Morgan fingerprint density at radius 2 is 0.944 bits per heavy atom. The van der Waals surface area contributed by atoms with E-state index in [0.717, 1.165) is 12.8 Å². The molecular weight excluding hydrogens is 395 g/mol. The summed E-state index contributed by atoms with van der Waals surface area (Å²) < 4.78 is 0. The van der Waals surface area contributed by atoms with E-state index in [2.05, 4.69) is 16.0 Å².